The molecule has 0 aliphatic carbocycles. The maximum atomic E-state index is 9.60. The van der Waals surface area contributed by atoms with Gasteiger partial charge in [-0.15, -0.1) is 0 Å². The van der Waals surface area contributed by atoms with Gasteiger partial charge in [0.05, 0.1) is 12.7 Å². The predicted octanol–water partition coefficient (Wildman–Crippen LogP) is 2.63. The maximum absolute atomic E-state index is 9.60. The van der Waals surface area contributed by atoms with Gasteiger partial charge >= 0.3 is 0 Å². The fourth-order valence-electron chi connectivity index (χ4n) is 1.98. The summed E-state index contributed by atoms with van der Waals surface area (Å²) >= 11 is 0. The Morgan fingerprint density at radius 3 is 2.53 bits per heavy atom. The largest absolute Gasteiger partial charge is 0.494 e. The first-order chi connectivity index (χ1) is 8.88. The summed E-state index contributed by atoms with van der Waals surface area (Å²) in [6.45, 7) is 9.53. The normalized spacial score (nSPS) is 13.4. The molecule has 0 fully saturated rings. The molecule has 0 heterocycles. The van der Waals surface area contributed by atoms with Crippen molar-refractivity contribution in [3.05, 3.63) is 29.3 Å². The summed E-state index contributed by atoms with van der Waals surface area (Å²) in [5, 5.41) is 9.60. The van der Waals surface area contributed by atoms with Crippen molar-refractivity contribution in [2.75, 3.05) is 13.2 Å². The fourth-order valence-corrected chi connectivity index (χ4v) is 1.98. The van der Waals surface area contributed by atoms with Crippen molar-refractivity contribution < 1.29 is 9.84 Å². The lowest BCUT2D eigenvalue weighted by Crippen LogP contribution is -2.20. The quantitative estimate of drug-likeness (QED) is 0.831. The lowest BCUT2D eigenvalue weighted by molar-refractivity contribution is 0.172. The lowest BCUT2D eigenvalue weighted by Gasteiger charge is -2.21. The maximum Gasteiger partial charge on any atom is 0.122 e. The molecule has 19 heavy (non-hydrogen) atoms. The molecule has 1 aromatic rings. The van der Waals surface area contributed by atoms with Gasteiger partial charge in [-0.2, -0.15) is 0 Å². The highest BCUT2D eigenvalue weighted by atomic mass is 16.5. The Labute approximate surface area is 116 Å². The number of aryl methyl sites for hydroxylation is 1. The highest BCUT2D eigenvalue weighted by Gasteiger charge is 2.16. The number of aliphatic hydroxyl groups is 1. The molecule has 3 nitrogen and oxygen atoms in total. The van der Waals surface area contributed by atoms with Crippen molar-refractivity contribution in [2.45, 2.75) is 52.1 Å². The summed E-state index contributed by atoms with van der Waals surface area (Å²) in [6, 6.07) is 6.34. The van der Waals surface area contributed by atoms with Crippen molar-refractivity contribution in [1.82, 2.24) is 0 Å². The standard InChI is InChI=1S/C16H27NO2/c1-5-19-15-9-7-13(16(2,3)4)10-12(15)6-8-14(18)11-17/h7,9-10,14,18H,5-6,8,11,17H2,1-4H3. The van der Waals surface area contributed by atoms with Gasteiger partial charge in [0.2, 0.25) is 0 Å². The van der Waals surface area contributed by atoms with E-state index in [0.29, 0.717) is 19.6 Å². The Hall–Kier alpha value is -1.06. The predicted molar refractivity (Wildman–Crippen MR) is 79.7 cm³/mol. The van der Waals surface area contributed by atoms with Crippen molar-refractivity contribution in [1.29, 1.82) is 0 Å². The van der Waals surface area contributed by atoms with E-state index in [9.17, 15) is 5.11 Å². The number of rotatable bonds is 6. The molecule has 108 valence electrons. The minimum Gasteiger partial charge on any atom is -0.494 e. The Kier molecular flexibility index (Phi) is 5.83. The number of hydrogen-bond acceptors (Lipinski definition) is 3. The Balaban J connectivity index is 2.95. The van der Waals surface area contributed by atoms with Crippen molar-refractivity contribution in [3.8, 4) is 5.75 Å². The first-order valence-electron chi connectivity index (χ1n) is 7.02. The molecule has 1 unspecified atom stereocenters. The molecule has 1 rings (SSSR count). The molecule has 0 radical (unpaired) electrons. The summed E-state index contributed by atoms with van der Waals surface area (Å²) in [4.78, 5) is 0. The zero-order chi connectivity index (χ0) is 14.5. The van der Waals surface area contributed by atoms with Crippen LogP contribution in [-0.2, 0) is 11.8 Å². The molecule has 0 amide bonds. The van der Waals surface area contributed by atoms with Crippen LogP contribution in [0.1, 0.15) is 45.2 Å². The zero-order valence-electron chi connectivity index (χ0n) is 12.6. The van der Waals surface area contributed by atoms with Crippen molar-refractivity contribution >= 4 is 0 Å². The molecule has 0 bridgehead atoms. The highest BCUT2D eigenvalue weighted by Crippen LogP contribution is 2.29. The van der Waals surface area contributed by atoms with E-state index in [1.54, 1.807) is 0 Å². The van der Waals surface area contributed by atoms with E-state index in [4.69, 9.17) is 10.5 Å². The molecule has 3 N–H and O–H groups in total. The molecule has 0 aliphatic rings. The monoisotopic (exact) mass is 265 g/mol. The SMILES string of the molecule is CCOc1ccc(C(C)(C)C)cc1CCC(O)CN. The number of benzene rings is 1. The smallest absolute Gasteiger partial charge is 0.122 e. The third-order valence-electron chi connectivity index (χ3n) is 3.25. The minimum absolute atomic E-state index is 0.117. The van der Waals surface area contributed by atoms with Gasteiger partial charge in [-0.3, -0.25) is 0 Å². The van der Waals surface area contributed by atoms with Crippen molar-refractivity contribution in [3.63, 3.8) is 0 Å². The summed E-state index contributed by atoms with van der Waals surface area (Å²) in [5.74, 6) is 0.916. The molecule has 0 saturated heterocycles. The summed E-state index contributed by atoms with van der Waals surface area (Å²) < 4.78 is 5.66. The Morgan fingerprint density at radius 2 is 2.00 bits per heavy atom. The molecular weight excluding hydrogens is 238 g/mol. The van der Waals surface area contributed by atoms with Gasteiger partial charge in [-0.25, -0.2) is 0 Å². The number of ether oxygens (including phenoxy) is 1. The van der Waals surface area contributed by atoms with Gasteiger partial charge in [0.25, 0.3) is 0 Å². The zero-order valence-corrected chi connectivity index (χ0v) is 12.6. The van der Waals surface area contributed by atoms with Crippen LogP contribution in [0.3, 0.4) is 0 Å². The summed E-state index contributed by atoms with van der Waals surface area (Å²) in [5.41, 5.74) is 8.01. The van der Waals surface area contributed by atoms with Crippen LogP contribution in [0.4, 0.5) is 0 Å². The second kappa shape index (κ2) is 6.92. The van der Waals surface area contributed by atoms with Gasteiger partial charge in [0.1, 0.15) is 5.75 Å². The lowest BCUT2D eigenvalue weighted by atomic mass is 9.85. The molecule has 3 heteroatoms. The highest BCUT2D eigenvalue weighted by molar-refractivity contribution is 5.39. The molecule has 1 atom stereocenters. The first-order valence-corrected chi connectivity index (χ1v) is 7.02. The summed E-state index contributed by atoms with van der Waals surface area (Å²) in [7, 11) is 0. The molecule has 0 aromatic heterocycles. The first kappa shape index (κ1) is 16.0. The van der Waals surface area contributed by atoms with E-state index < -0.39 is 6.10 Å². The number of hydrogen-bond donors (Lipinski definition) is 2. The third-order valence-corrected chi connectivity index (χ3v) is 3.25. The van der Waals surface area contributed by atoms with Crippen LogP contribution in [0.2, 0.25) is 0 Å². The van der Waals surface area contributed by atoms with Crippen LogP contribution in [0.25, 0.3) is 0 Å². The third kappa shape index (κ3) is 4.84. The average Bonchev–Trinajstić information content (AvgIpc) is 2.36. The fraction of sp³-hybridized carbons (Fsp3) is 0.625. The molecule has 0 spiro atoms. The van der Waals surface area contributed by atoms with E-state index in [1.807, 2.05) is 13.0 Å². The van der Waals surface area contributed by atoms with Crippen LogP contribution < -0.4 is 10.5 Å². The van der Waals surface area contributed by atoms with E-state index in [1.165, 1.54) is 5.56 Å². The van der Waals surface area contributed by atoms with Gasteiger partial charge in [0, 0.05) is 6.54 Å². The summed E-state index contributed by atoms with van der Waals surface area (Å²) in [6.07, 6.45) is 1.02. The van der Waals surface area contributed by atoms with E-state index in [0.717, 1.165) is 17.7 Å². The van der Waals surface area contributed by atoms with Crippen LogP contribution in [0.5, 0.6) is 5.75 Å². The van der Waals surface area contributed by atoms with Gasteiger partial charge < -0.3 is 15.6 Å². The molecular formula is C16H27NO2. The van der Waals surface area contributed by atoms with Crippen LogP contribution in [0, 0.1) is 0 Å². The Bertz CT molecular complexity index is 396. The molecule has 1 aromatic carbocycles. The average molecular weight is 265 g/mol. The van der Waals surface area contributed by atoms with Gasteiger partial charge in [0.15, 0.2) is 0 Å². The van der Waals surface area contributed by atoms with Crippen LogP contribution >= 0.6 is 0 Å². The van der Waals surface area contributed by atoms with Gasteiger partial charge in [-0.05, 0) is 42.4 Å². The topological polar surface area (TPSA) is 55.5 Å². The molecule has 0 saturated carbocycles. The number of nitrogens with two attached hydrogens (primary N) is 1. The second-order valence-electron chi connectivity index (χ2n) is 5.93. The van der Waals surface area contributed by atoms with Gasteiger partial charge in [-0.1, -0.05) is 32.9 Å². The van der Waals surface area contributed by atoms with Crippen LogP contribution in [0.15, 0.2) is 18.2 Å². The van der Waals surface area contributed by atoms with E-state index in [2.05, 4.69) is 32.9 Å². The van der Waals surface area contributed by atoms with E-state index in [-0.39, 0.29) is 5.41 Å². The van der Waals surface area contributed by atoms with Crippen LogP contribution in [-0.4, -0.2) is 24.4 Å². The van der Waals surface area contributed by atoms with E-state index >= 15 is 0 Å². The Morgan fingerprint density at radius 1 is 1.32 bits per heavy atom. The minimum atomic E-state index is -0.437. The van der Waals surface area contributed by atoms with Crippen molar-refractivity contribution in [2.24, 2.45) is 5.73 Å². The second-order valence-corrected chi connectivity index (χ2v) is 5.93. The molecule has 0 aliphatic heterocycles. The number of aliphatic hydroxyl groups excluding tert-OH is 1.